The van der Waals surface area contributed by atoms with E-state index in [0.29, 0.717) is 70.8 Å². The molecule has 95 heavy (non-hydrogen) atoms. The number of carbonyl (C=O) groups is 2. The van der Waals surface area contributed by atoms with Gasteiger partial charge in [-0.1, -0.05) is 155 Å². The van der Waals surface area contributed by atoms with Crippen LogP contribution in [0.2, 0.25) is 0 Å². The largest absolute Gasteiger partial charge is 0.416 e. The van der Waals surface area contributed by atoms with Crippen LogP contribution in [0.3, 0.4) is 0 Å². The molecule has 6 aromatic carbocycles. The first-order valence-electron chi connectivity index (χ1n) is 42.0. The van der Waals surface area contributed by atoms with Gasteiger partial charge in [-0.3, -0.25) is 19.2 Å². The topological polar surface area (TPSA) is 117 Å². The molecule has 0 N–H and O–H groups in total. The molecule has 2 aliphatic rings. The molecule has 2 aliphatic carbocycles. The molecule has 2 amide bonds. The molecule has 1 unspecified atom stereocenters. The molecule has 10 rings (SSSR count). The predicted molar refractivity (Wildman–Crippen MR) is 358 cm³/mol. The number of rotatable bonds is 26. The molecule has 0 aliphatic heterocycles. The lowest BCUT2D eigenvalue weighted by Gasteiger charge is -2.28. The lowest BCUT2D eigenvalue weighted by Crippen LogP contribution is -2.40. The van der Waals surface area contributed by atoms with E-state index in [-0.39, 0.29) is 53.4 Å². The second-order valence-electron chi connectivity index (χ2n) is 21.1. The van der Waals surface area contributed by atoms with Crippen LogP contribution >= 0.6 is 23.5 Å². The van der Waals surface area contributed by atoms with E-state index < -0.39 is 233 Å². The summed E-state index contributed by atoms with van der Waals surface area (Å²) in [6.45, 7) is -5.92. The summed E-state index contributed by atoms with van der Waals surface area (Å²) in [6, 6.07) is 2.87. The van der Waals surface area contributed by atoms with Crippen molar-refractivity contribution < 1.29 is 79.0 Å². The second-order valence-corrected chi connectivity index (χ2v) is 23.0. The number of likely N-dealkylation sites (N-methyl/N-ethyl adjacent to an activating group) is 2. The fraction of sp³-hybridized carbons (Fsp3) is 0.370. The molecule has 1 atom stereocenters. The van der Waals surface area contributed by atoms with Gasteiger partial charge in [-0.05, 0) is 157 Å². The Morgan fingerprint density at radius 1 is 0.547 bits per heavy atom. The summed E-state index contributed by atoms with van der Waals surface area (Å²) < 4.78 is 325. The number of hydrogen-bond donors (Lipinski definition) is 0. The lowest BCUT2D eigenvalue weighted by atomic mass is 10.0. The number of thioether (sulfide) groups is 2. The number of nitrogens with zero attached hydrogens (tertiary/aromatic N) is 8. The smallest absolute Gasteiger partial charge is 0.336 e. The molecular weight excluding hydrogens is 1270 g/mol. The highest BCUT2D eigenvalue weighted by Gasteiger charge is 2.33. The van der Waals surface area contributed by atoms with Crippen LogP contribution in [0.5, 0.6) is 0 Å². The number of fused-ring (bicyclic) bond motifs is 2. The normalized spacial score (nSPS) is 19.8. The first-order valence-corrected chi connectivity index (χ1v) is 31.4. The van der Waals surface area contributed by atoms with Gasteiger partial charge in [0.25, 0.3) is 11.1 Å². The van der Waals surface area contributed by atoms with Crippen molar-refractivity contribution in [1.82, 2.24) is 38.7 Å². The van der Waals surface area contributed by atoms with Crippen molar-refractivity contribution in [2.24, 2.45) is 5.89 Å². The number of benzene rings is 6. The number of alkyl halides is 6. The van der Waals surface area contributed by atoms with Crippen LogP contribution in [-0.4, -0.2) is 103 Å². The van der Waals surface area contributed by atoms with Crippen molar-refractivity contribution in [3.63, 3.8) is 0 Å². The van der Waals surface area contributed by atoms with Crippen LogP contribution in [0.1, 0.15) is 131 Å². The highest BCUT2D eigenvalue weighted by Crippen LogP contribution is 2.35. The van der Waals surface area contributed by atoms with Gasteiger partial charge in [-0.2, -0.15) is 36.3 Å². The van der Waals surface area contributed by atoms with Gasteiger partial charge in [0, 0.05) is 85.6 Å². The van der Waals surface area contributed by atoms with Gasteiger partial charge >= 0.3 is 12.4 Å². The highest BCUT2D eigenvalue weighted by molar-refractivity contribution is 7.98. The molecule has 0 fully saturated rings. The van der Waals surface area contributed by atoms with Crippen molar-refractivity contribution in [1.29, 1.82) is 0 Å². The third-order valence-electron chi connectivity index (χ3n) is 14.8. The third-order valence-corrected chi connectivity index (χ3v) is 16.8. The number of amides is 2. The summed E-state index contributed by atoms with van der Waals surface area (Å²) in [4.78, 5) is 68.7. The zero-order chi connectivity index (χ0) is 90.1. The Balaban J connectivity index is 0.000000280. The molecule has 2 aromatic heterocycles. The Kier molecular flexibility index (Phi) is 15.4. The van der Waals surface area contributed by atoms with Crippen molar-refractivity contribution in [2.75, 3.05) is 52.3 Å². The van der Waals surface area contributed by atoms with Crippen molar-refractivity contribution >= 4 is 35.3 Å². The van der Waals surface area contributed by atoms with Crippen molar-refractivity contribution in [3.05, 3.63) is 234 Å². The van der Waals surface area contributed by atoms with E-state index in [4.69, 9.17) is 28.8 Å². The monoisotopic (exact) mass is 1370 g/mol. The summed E-state index contributed by atoms with van der Waals surface area (Å²) in [6.07, 6.45) is -15.2. The molecule has 12 nitrogen and oxygen atoms in total. The van der Waals surface area contributed by atoms with Crippen LogP contribution in [0.15, 0.2) is 165 Å². The first kappa shape index (κ1) is 44.7. The van der Waals surface area contributed by atoms with Crippen LogP contribution in [0, 0.1) is 17.5 Å². The quantitative estimate of drug-likeness (QED) is 0.0295. The molecule has 0 bridgehead atoms. The Labute approximate surface area is 592 Å². The van der Waals surface area contributed by atoms with Gasteiger partial charge in [-0.25, -0.2) is 8.78 Å². The maximum absolute atomic E-state index is 15.0. The lowest BCUT2D eigenvalue weighted by molar-refractivity contribution is -0.138. The minimum absolute atomic E-state index is 0.0458. The van der Waals surface area contributed by atoms with E-state index in [1.807, 2.05) is 0 Å². The van der Waals surface area contributed by atoms with Crippen molar-refractivity contribution in [3.8, 4) is 22.3 Å². The Bertz CT molecular complexity index is 5310. The second kappa shape index (κ2) is 32.7. The molecular formula is C73H78F8N8O4S2. The van der Waals surface area contributed by atoms with E-state index >= 15 is 0 Å². The molecule has 2 heterocycles. The average molecular weight is 1370 g/mol. The number of halogens is 8. The Hall–Kier alpha value is -7.92. The number of aromatic nitrogens is 4. The minimum atomic E-state index is -5.36. The SMILES string of the molecule is [2H]C([2H])(C)N(CCN(Cc1ccc(-c2ccc(C(F)(F)F)cc2)cc1)C(=O)C([2H])([2H])n1c(SCc2ccc(F)cc2)nc(=O)c2c1CCC2)C([2H])([2H])C.[2H]c1c([2H])c(CSc2nc(=O)c3c(n2C([2H])([2H])C(=O)N(CCN(CC)CC)Cc2c([2H])c([2H])c(-c4c([2H])c([2H])c(C(F)(F)F)c([2H])c4[2H])c([2H])c2[2H])C([2H])([2H])C([2H])(C)C3([2H])[2H])c([2H])c([2H])c1F. The standard InChI is InChI=1S/C37H40F4N4O2S.C36H38F4N4O2S/c1-4-43(5-2)18-19-44(22-26-6-10-28(11-7-26)29-12-14-30(15-13-29)37(39,40)41)34(46)23-45-33-21-25(3)20-32(33)35(47)42-36(45)48-24-27-8-16-31(38)17-9-27;1-3-42(4-2)20-21-43(22-25-8-12-27(13-9-25)28-14-16-29(17-15-28)36(38,39)40)33(45)23-44-32-7-5-6-31(32)34(46)41-35(44)47-24-26-10-18-30(37)19-11-26/h6-17,25H,4-5,18-24H2,1-3H3;8-19H,3-7,20-24H2,1-2H3/i6D,7D,8D,9D,10D,11D,12D,13D,14D,15D,16D,17D,20D2,21D2,23D2,25D;3D2,4D2,23D2. The highest BCUT2D eigenvalue weighted by atomic mass is 32.2. The Morgan fingerprint density at radius 2 is 1.02 bits per heavy atom. The van der Waals surface area contributed by atoms with Gasteiger partial charge < -0.3 is 28.7 Å². The van der Waals surface area contributed by atoms with Crippen LogP contribution in [0.25, 0.3) is 22.3 Å². The molecule has 0 saturated carbocycles. The van der Waals surface area contributed by atoms with E-state index in [9.17, 15) is 59.8 Å². The molecule has 8 aromatic rings. The van der Waals surface area contributed by atoms with Gasteiger partial charge in [-0.15, -0.1) is 0 Å². The zero-order valence-corrected chi connectivity index (χ0v) is 53.3. The first-order chi connectivity index (χ1) is 55.3. The van der Waals surface area contributed by atoms with Gasteiger partial charge in [0.2, 0.25) is 11.8 Å². The fourth-order valence-electron chi connectivity index (χ4n) is 9.71. The van der Waals surface area contributed by atoms with Gasteiger partial charge in [0.1, 0.15) is 24.6 Å². The van der Waals surface area contributed by atoms with Crippen LogP contribution < -0.4 is 11.1 Å². The fourth-order valence-corrected chi connectivity index (χ4v) is 11.5. The maximum atomic E-state index is 15.0. The van der Waals surface area contributed by atoms with Gasteiger partial charge in [0.05, 0.1) is 33.1 Å². The number of carbonyl (C=O) groups excluding carboxylic acids is 2. The maximum Gasteiger partial charge on any atom is 0.416 e. The predicted octanol–water partition coefficient (Wildman–Crippen LogP) is 14.7. The summed E-state index contributed by atoms with van der Waals surface area (Å²) in [7, 11) is 0. The van der Waals surface area contributed by atoms with Crippen LogP contribution in [-0.2, 0) is 85.1 Å². The van der Waals surface area contributed by atoms with E-state index in [0.717, 1.165) is 45.2 Å². The molecule has 22 heteroatoms. The summed E-state index contributed by atoms with van der Waals surface area (Å²) in [5.74, 6) is -8.14. The third kappa shape index (κ3) is 19.2. The molecule has 502 valence electrons. The summed E-state index contributed by atoms with van der Waals surface area (Å²) in [5, 5.41) is -0.954. The van der Waals surface area contributed by atoms with Crippen molar-refractivity contribution in [2.45, 2.75) is 127 Å². The minimum Gasteiger partial charge on any atom is -0.336 e. The zero-order valence-electron chi connectivity index (χ0n) is 76.7. The summed E-state index contributed by atoms with van der Waals surface area (Å²) in [5.41, 5.74) is -7.23. The Morgan fingerprint density at radius 3 is 1.56 bits per heavy atom. The summed E-state index contributed by atoms with van der Waals surface area (Å²) >= 11 is 1.28. The van der Waals surface area contributed by atoms with E-state index in [1.54, 1.807) is 55.1 Å². The average Bonchev–Trinajstić information content (AvgIpc) is 1.51. The van der Waals surface area contributed by atoms with Crippen LogP contribution in [0.4, 0.5) is 35.1 Å². The molecule has 0 saturated heterocycles. The van der Waals surface area contributed by atoms with Gasteiger partial charge in [0.15, 0.2) is 10.3 Å². The molecule has 0 spiro atoms. The van der Waals surface area contributed by atoms with E-state index in [2.05, 4.69) is 9.97 Å². The molecule has 0 radical (unpaired) electrons. The number of hydrogen-bond acceptors (Lipinski definition) is 10. The van der Waals surface area contributed by atoms with E-state index in [1.165, 1.54) is 38.1 Å².